The molecule has 2 aliphatic rings. The molecule has 3 unspecified atom stereocenters. The van der Waals surface area contributed by atoms with E-state index in [9.17, 15) is 5.11 Å². The second kappa shape index (κ2) is 3.02. The Labute approximate surface area is 79.6 Å². The zero-order valence-corrected chi connectivity index (χ0v) is 8.42. The van der Waals surface area contributed by atoms with Gasteiger partial charge < -0.3 is 9.84 Å². The van der Waals surface area contributed by atoms with Crippen LogP contribution in [0.2, 0.25) is 0 Å². The van der Waals surface area contributed by atoms with Crippen molar-refractivity contribution in [2.75, 3.05) is 6.61 Å². The number of ether oxygens (including phenoxy) is 1. The van der Waals surface area contributed by atoms with Crippen LogP contribution < -0.4 is 0 Å². The van der Waals surface area contributed by atoms with Crippen molar-refractivity contribution < 1.29 is 9.84 Å². The zero-order valence-electron chi connectivity index (χ0n) is 8.42. The molecular formula is C11H18O2. The van der Waals surface area contributed by atoms with Crippen molar-refractivity contribution in [1.29, 1.82) is 0 Å². The quantitative estimate of drug-likeness (QED) is 0.724. The summed E-state index contributed by atoms with van der Waals surface area (Å²) in [7, 11) is 0. The molecule has 1 saturated carbocycles. The van der Waals surface area contributed by atoms with E-state index in [1.165, 1.54) is 0 Å². The Bertz CT molecular complexity index is 234. The van der Waals surface area contributed by atoms with E-state index in [1.807, 2.05) is 6.92 Å². The molecule has 0 amide bonds. The van der Waals surface area contributed by atoms with Gasteiger partial charge in [0.1, 0.15) is 11.4 Å². The molecule has 2 heteroatoms. The molecule has 0 aromatic rings. The van der Waals surface area contributed by atoms with Crippen LogP contribution in [0.5, 0.6) is 0 Å². The monoisotopic (exact) mass is 182 g/mol. The molecule has 2 nitrogen and oxygen atoms in total. The highest BCUT2D eigenvalue weighted by molar-refractivity contribution is 5.19. The third-order valence-electron chi connectivity index (χ3n) is 3.39. The van der Waals surface area contributed by atoms with E-state index in [2.05, 4.69) is 13.0 Å². The fourth-order valence-corrected chi connectivity index (χ4v) is 2.33. The maximum atomic E-state index is 10.4. The van der Waals surface area contributed by atoms with Crippen molar-refractivity contribution >= 4 is 0 Å². The van der Waals surface area contributed by atoms with Gasteiger partial charge in [-0.3, -0.25) is 0 Å². The third-order valence-corrected chi connectivity index (χ3v) is 3.39. The Morgan fingerprint density at radius 1 is 1.69 bits per heavy atom. The van der Waals surface area contributed by atoms with E-state index < -0.39 is 5.60 Å². The molecule has 1 heterocycles. The summed E-state index contributed by atoms with van der Waals surface area (Å²) >= 11 is 0. The summed E-state index contributed by atoms with van der Waals surface area (Å²) in [6, 6.07) is 0. The molecule has 1 fully saturated rings. The molecule has 74 valence electrons. The lowest BCUT2D eigenvalue weighted by Gasteiger charge is -2.28. The first-order valence-electron chi connectivity index (χ1n) is 5.24. The number of rotatable bonds is 3. The summed E-state index contributed by atoms with van der Waals surface area (Å²) < 4.78 is 5.47. The standard InChI is InChI=1S/C11H18O2/c1-3-11(12,9-7-8(9)2)10-5-4-6-13-10/h5,8-9,12H,3-4,6-7H2,1-2H3. The molecule has 3 atom stereocenters. The minimum Gasteiger partial charge on any atom is -0.495 e. The Morgan fingerprint density at radius 2 is 2.38 bits per heavy atom. The molecule has 1 N–H and O–H groups in total. The molecule has 1 aliphatic carbocycles. The van der Waals surface area contributed by atoms with Crippen LogP contribution in [0, 0.1) is 11.8 Å². The predicted molar refractivity (Wildman–Crippen MR) is 51.2 cm³/mol. The average Bonchev–Trinajstić information content (AvgIpc) is 2.71. The first-order valence-corrected chi connectivity index (χ1v) is 5.24. The fraction of sp³-hybridized carbons (Fsp3) is 0.818. The van der Waals surface area contributed by atoms with Gasteiger partial charge in [-0.05, 0) is 30.8 Å². The first-order chi connectivity index (χ1) is 6.18. The van der Waals surface area contributed by atoms with Crippen molar-refractivity contribution in [1.82, 2.24) is 0 Å². The maximum Gasteiger partial charge on any atom is 0.124 e. The Morgan fingerprint density at radius 3 is 2.77 bits per heavy atom. The number of hydrogen-bond acceptors (Lipinski definition) is 2. The van der Waals surface area contributed by atoms with Crippen LogP contribution in [0.4, 0.5) is 0 Å². The zero-order chi connectivity index (χ0) is 9.47. The topological polar surface area (TPSA) is 29.5 Å². The molecule has 0 bridgehead atoms. The first kappa shape index (κ1) is 9.07. The van der Waals surface area contributed by atoms with Crippen molar-refractivity contribution in [2.24, 2.45) is 11.8 Å². The van der Waals surface area contributed by atoms with Crippen LogP contribution in [0.25, 0.3) is 0 Å². The van der Waals surface area contributed by atoms with E-state index in [4.69, 9.17) is 4.74 Å². The van der Waals surface area contributed by atoms with Crippen molar-refractivity contribution in [3.63, 3.8) is 0 Å². The van der Waals surface area contributed by atoms with Crippen molar-refractivity contribution in [2.45, 2.75) is 38.7 Å². The molecule has 13 heavy (non-hydrogen) atoms. The molecule has 0 aromatic heterocycles. The predicted octanol–water partition coefficient (Wildman–Crippen LogP) is 2.09. The van der Waals surface area contributed by atoms with Gasteiger partial charge in [-0.2, -0.15) is 0 Å². The van der Waals surface area contributed by atoms with Gasteiger partial charge in [-0.15, -0.1) is 0 Å². The Kier molecular flexibility index (Phi) is 2.11. The summed E-state index contributed by atoms with van der Waals surface area (Å²) in [5, 5.41) is 10.4. The minimum absolute atomic E-state index is 0.432. The Hall–Kier alpha value is -0.500. The molecule has 2 rings (SSSR count). The second-order valence-electron chi connectivity index (χ2n) is 4.30. The van der Waals surface area contributed by atoms with Gasteiger partial charge in [0.25, 0.3) is 0 Å². The molecule has 0 spiro atoms. The maximum absolute atomic E-state index is 10.4. The van der Waals surface area contributed by atoms with Gasteiger partial charge >= 0.3 is 0 Å². The lowest BCUT2D eigenvalue weighted by atomic mass is 9.91. The van der Waals surface area contributed by atoms with Crippen LogP contribution in [0.15, 0.2) is 11.8 Å². The second-order valence-corrected chi connectivity index (χ2v) is 4.30. The van der Waals surface area contributed by atoms with Crippen molar-refractivity contribution in [3.05, 3.63) is 11.8 Å². The molecular weight excluding hydrogens is 164 g/mol. The van der Waals surface area contributed by atoms with Crippen LogP contribution >= 0.6 is 0 Å². The van der Waals surface area contributed by atoms with E-state index in [0.717, 1.165) is 31.6 Å². The van der Waals surface area contributed by atoms with Crippen LogP contribution in [0.1, 0.15) is 33.1 Å². The van der Waals surface area contributed by atoms with E-state index in [0.29, 0.717) is 11.8 Å². The summed E-state index contributed by atoms with van der Waals surface area (Å²) in [4.78, 5) is 0. The SMILES string of the molecule is CCC(O)(C1=CCCO1)C1CC1C. The normalized spacial score (nSPS) is 36.4. The van der Waals surface area contributed by atoms with Crippen LogP contribution in [-0.4, -0.2) is 17.3 Å². The van der Waals surface area contributed by atoms with Gasteiger partial charge in [-0.1, -0.05) is 13.8 Å². The number of hydrogen-bond donors (Lipinski definition) is 1. The number of aliphatic hydroxyl groups is 1. The minimum atomic E-state index is -0.657. The van der Waals surface area contributed by atoms with Gasteiger partial charge in [-0.25, -0.2) is 0 Å². The average molecular weight is 182 g/mol. The van der Waals surface area contributed by atoms with E-state index in [-0.39, 0.29) is 0 Å². The van der Waals surface area contributed by atoms with Gasteiger partial charge in [0, 0.05) is 6.42 Å². The fourth-order valence-electron chi connectivity index (χ4n) is 2.33. The summed E-state index contributed by atoms with van der Waals surface area (Å²) in [6.07, 6.45) is 4.92. The summed E-state index contributed by atoms with van der Waals surface area (Å²) in [5.74, 6) is 1.93. The van der Waals surface area contributed by atoms with Gasteiger partial charge in [0.05, 0.1) is 6.61 Å². The van der Waals surface area contributed by atoms with Gasteiger partial charge in [0.15, 0.2) is 0 Å². The highest BCUT2D eigenvalue weighted by atomic mass is 16.5. The summed E-state index contributed by atoms with van der Waals surface area (Å²) in [5.41, 5.74) is -0.657. The van der Waals surface area contributed by atoms with E-state index >= 15 is 0 Å². The lowest BCUT2D eigenvalue weighted by Crippen LogP contribution is -2.34. The smallest absolute Gasteiger partial charge is 0.124 e. The highest BCUT2D eigenvalue weighted by Gasteiger charge is 2.51. The Balaban J connectivity index is 2.14. The third kappa shape index (κ3) is 1.37. The lowest BCUT2D eigenvalue weighted by molar-refractivity contribution is -0.00596. The van der Waals surface area contributed by atoms with Crippen LogP contribution in [-0.2, 0) is 4.74 Å². The molecule has 0 aromatic carbocycles. The summed E-state index contributed by atoms with van der Waals surface area (Å²) in [6.45, 7) is 4.98. The highest BCUT2D eigenvalue weighted by Crippen LogP contribution is 2.51. The van der Waals surface area contributed by atoms with Crippen LogP contribution in [0.3, 0.4) is 0 Å². The van der Waals surface area contributed by atoms with Gasteiger partial charge in [0.2, 0.25) is 0 Å². The molecule has 1 aliphatic heterocycles. The van der Waals surface area contributed by atoms with Crippen molar-refractivity contribution in [3.8, 4) is 0 Å². The molecule has 0 saturated heterocycles. The largest absolute Gasteiger partial charge is 0.495 e. The van der Waals surface area contributed by atoms with E-state index in [1.54, 1.807) is 0 Å². The molecule has 0 radical (unpaired) electrons.